The van der Waals surface area contributed by atoms with Gasteiger partial charge in [-0.25, -0.2) is 9.78 Å². The molecule has 2 aromatic rings. The smallest absolute Gasteiger partial charge is 0.416 e. The largest absolute Gasteiger partial charge is 0.439 e. The number of carbonyl (C=O) groups excluding carboxylic acids is 1. The fraction of sp³-hybridized carbons (Fsp3) is 0.333. The molecule has 12 heteroatoms. The predicted molar refractivity (Wildman–Crippen MR) is 112 cm³/mol. The van der Waals surface area contributed by atoms with Crippen LogP contribution in [0.3, 0.4) is 0 Å². The molecule has 1 aromatic carbocycles. The lowest BCUT2D eigenvalue weighted by molar-refractivity contribution is -0.143. The summed E-state index contributed by atoms with van der Waals surface area (Å²) in [5.74, 6) is 0.975. The van der Waals surface area contributed by atoms with E-state index in [0.717, 1.165) is 10.3 Å². The molecule has 1 saturated heterocycles. The van der Waals surface area contributed by atoms with Crippen molar-refractivity contribution in [3.63, 3.8) is 0 Å². The van der Waals surface area contributed by atoms with E-state index in [2.05, 4.69) is 20.9 Å². The summed E-state index contributed by atoms with van der Waals surface area (Å²) < 4.78 is 83.2. The number of benzene rings is 1. The van der Waals surface area contributed by atoms with E-state index in [1.54, 1.807) is 12.3 Å². The highest BCUT2D eigenvalue weighted by molar-refractivity contribution is 9.10. The molecule has 33 heavy (non-hydrogen) atoms. The minimum absolute atomic E-state index is 0.0442. The molecular weight excluding hydrogens is 520 g/mol. The van der Waals surface area contributed by atoms with Crippen LogP contribution in [-0.4, -0.2) is 42.7 Å². The summed E-state index contributed by atoms with van der Waals surface area (Å²) in [4.78, 5) is 19.0. The molecule has 0 saturated carbocycles. The van der Waals surface area contributed by atoms with Crippen molar-refractivity contribution in [2.24, 2.45) is 0 Å². The van der Waals surface area contributed by atoms with Gasteiger partial charge in [-0.3, -0.25) is 4.90 Å². The first-order chi connectivity index (χ1) is 15.3. The molecule has 178 valence electrons. The van der Waals surface area contributed by atoms with Crippen molar-refractivity contribution >= 4 is 27.8 Å². The summed E-state index contributed by atoms with van der Waals surface area (Å²) >= 11 is 3.31. The predicted octanol–water partition coefficient (Wildman–Crippen LogP) is 6.07. The monoisotopic (exact) mass is 537 g/mol. The summed E-state index contributed by atoms with van der Waals surface area (Å²) in [6.45, 7) is 0.213. The van der Waals surface area contributed by atoms with Gasteiger partial charge in [-0.15, -0.1) is 0 Å². The molecule has 4 rings (SSSR count). The third-order valence-corrected chi connectivity index (χ3v) is 5.35. The second-order valence-corrected chi connectivity index (χ2v) is 8.36. The number of ether oxygens (including phenoxy) is 1. The first-order valence-electron chi connectivity index (χ1n) is 9.49. The minimum atomic E-state index is -4.94. The highest BCUT2D eigenvalue weighted by Crippen LogP contribution is 2.41. The molecule has 2 aliphatic heterocycles. The van der Waals surface area contributed by atoms with E-state index in [-0.39, 0.29) is 18.2 Å². The average molecular weight is 538 g/mol. The van der Waals surface area contributed by atoms with Gasteiger partial charge in [0.05, 0.1) is 17.2 Å². The Bertz CT molecular complexity index is 1010. The van der Waals surface area contributed by atoms with E-state index >= 15 is 0 Å². The number of aromatic nitrogens is 1. The van der Waals surface area contributed by atoms with Crippen molar-refractivity contribution in [2.45, 2.75) is 24.5 Å². The quantitative estimate of drug-likeness (QED) is 0.344. The maximum Gasteiger partial charge on any atom is 0.416 e. The van der Waals surface area contributed by atoms with Gasteiger partial charge in [-0.2, -0.15) is 26.3 Å². The minimum Gasteiger partial charge on any atom is -0.439 e. The van der Waals surface area contributed by atoms with Crippen LogP contribution in [0.25, 0.3) is 0 Å². The number of carbonyl (C=O) groups is 1. The Kier molecular flexibility index (Phi) is 6.96. The zero-order valence-corrected chi connectivity index (χ0v) is 18.9. The Morgan fingerprint density at radius 3 is 2.15 bits per heavy atom. The third kappa shape index (κ3) is 5.79. The lowest BCUT2D eigenvalue weighted by atomic mass is 9.97. The zero-order valence-electron chi connectivity index (χ0n) is 17.3. The maximum atomic E-state index is 12.9. The number of halogens is 7. The maximum absolute atomic E-state index is 12.9. The van der Waals surface area contributed by atoms with Gasteiger partial charge in [0.1, 0.15) is 5.82 Å². The number of hydrogen-bond acceptors (Lipinski definition) is 4. The van der Waals surface area contributed by atoms with E-state index < -0.39 is 41.7 Å². The number of rotatable bonds is 2. The average Bonchev–Trinajstić information content (AvgIpc) is 3.31. The van der Waals surface area contributed by atoms with Crippen molar-refractivity contribution in [3.8, 4) is 0 Å². The summed E-state index contributed by atoms with van der Waals surface area (Å²) in [7, 11) is 3.94. The summed E-state index contributed by atoms with van der Waals surface area (Å²) in [6, 6.07) is 4.45. The van der Waals surface area contributed by atoms with Crippen LogP contribution in [0.15, 0.2) is 53.2 Å². The summed E-state index contributed by atoms with van der Waals surface area (Å²) in [5.41, 5.74) is -3.20. The molecule has 2 aliphatic rings. The van der Waals surface area contributed by atoms with Crippen molar-refractivity contribution in [3.05, 3.63) is 69.8 Å². The van der Waals surface area contributed by atoms with Gasteiger partial charge in [-0.1, -0.05) is 12.2 Å². The van der Waals surface area contributed by atoms with Crippen molar-refractivity contribution in [2.75, 3.05) is 25.5 Å². The lowest BCUT2D eigenvalue weighted by Gasteiger charge is -2.19. The first kappa shape index (κ1) is 24.9. The SMILES string of the molecule is CN(C)c1ccc(Br)cn1.O=C1OC(c2cc(C(F)(F)F)cc(C(F)(F)F)c2)C2C=CCN12. The molecule has 2 unspecified atom stereocenters. The molecule has 0 spiro atoms. The summed E-state index contributed by atoms with van der Waals surface area (Å²) in [5, 5.41) is 0. The van der Waals surface area contributed by atoms with Crippen LogP contribution in [-0.2, 0) is 17.1 Å². The lowest BCUT2D eigenvalue weighted by Crippen LogP contribution is -2.28. The zero-order chi connectivity index (χ0) is 24.6. The highest BCUT2D eigenvalue weighted by Gasteiger charge is 2.45. The Labute approximate surface area is 193 Å². The van der Waals surface area contributed by atoms with Crippen LogP contribution in [0.2, 0.25) is 0 Å². The number of alkyl halides is 6. The molecular formula is C21H18BrF6N3O2. The van der Waals surface area contributed by atoms with Crippen molar-refractivity contribution in [1.29, 1.82) is 0 Å². The van der Waals surface area contributed by atoms with E-state index in [1.165, 1.54) is 11.0 Å². The molecule has 2 atom stereocenters. The Morgan fingerprint density at radius 2 is 1.67 bits per heavy atom. The molecule has 1 amide bonds. The Morgan fingerprint density at radius 1 is 1.06 bits per heavy atom. The number of pyridine rings is 1. The number of nitrogens with zero attached hydrogens (tertiary/aromatic N) is 3. The molecule has 0 radical (unpaired) electrons. The fourth-order valence-corrected chi connectivity index (χ4v) is 3.52. The first-order valence-corrected chi connectivity index (χ1v) is 10.3. The van der Waals surface area contributed by atoms with Gasteiger partial charge in [0, 0.05) is 31.3 Å². The van der Waals surface area contributed by atoms with Crippen molar-refractivity contribution in [1.82, 2.24) is 9.88 Å². The van der Waals surface area contributed by atoms with Crippen LogP contribution in [0, 0.1) is 0 Å². The summed E-state index contributed by atoms with van der Waals surface area (Å²) in [6.07, 6.45) is -6.93. The second-order valence-electron chi connectivity index (χ2n) is 7.44. The van der Waals surface area contributed by atoms with Gasteiger partial charge >= 0.3 is 18.4 Å². The number of hydrogen-bond donors (Lipinski definition) is 0. The van der Waals surface area contributed by atoms with Gasteiger partial charge in [0.2, 0.25) is 0 Å². The van der Waals surface area contributed by atoms with Crippen LogP contribution >= 0.6 is 15.9 Å². The van der Waals surface area contributed by atoms with Crippen LogP contribution in [0.4, 0.5) is 37.0 Å². The number of anilines is 1. The van der Waals surface area contributed by atoms with E-state index in [9.17, 15) is 31.1 Å². The van der Waals surface area contributed by atoms with Crippen LogP contribution in [0.1, 0.15) is 22.8 Å². The second kappa shape index (κ2) is 9.24. The van der Waals surface area contributed by atoms with Gasteiger partial charge < -0.3 is 9.64 Å². The topological polar surface area (TPSA) is 45.7 Å². The Balaban J connectivity index is 0.000000257. The van der Waals surface area contributed by atoms with Crippen LogP contribution < -0.4 is 4.90 Å². The normalized spacial score (nSPS) is 19.7. The molecule has 0 N–H and O–H groups in total. The van der Waals surface area contributed by atoms with E-state index in [1.807, 2.05) is 31.1 Å². The fourth-order valence-electron chi connectivity index (χ4n) is 3.29. The van der Waals surface area contributed by atoms with Crippen molar-refractivity contribution < 1.29 is 35.9 Å². The number of amides is 1. The standard InChI is InChI=1S/C14H9F6NO2.C7H9BrN2/c15-13(16,17)8-4-7(5-9(6-8)14(18,19)20)11-10-2-1-3-21(10)12(22)23-11;1-10(2)7-4-3-6(8)5-9-7/h1-2,4-6,10-11H,3H2;3-5H,1-2H3. The molecule has 5 nitrogen and oxygen atoms in total. The molecule has 1 aromatic heterocycles. The number of cyclic esters (lactones) is 1. The van der Waals surface area contributed by atoms with E-state index in [4.69, 9.17) is 4.74 Å². The number of fused-ring (bicyclic) bond motifs is 1. The third-order valence-electron chi connectivity index (χ3n) is 4.88. The molecule has 3 heterocycles. The van der Waals surface area contributed by atoms with Gasteiger partial charge in [0.25, 0.3) is 0 Å². The van der Waals surface area contributed by atoms with E-state index in [0.29, 0.717) is 12.1 Å². The highest BCUT2D eigenvalue weighted by atomic mass is 79.9. The van der Waals surface area contributed by atoms with Gasteiger partial charge in [-0.05, 0) is 51.8 Å². The molecule has 1 fully saturated rings. The molecule has 0 aliphatic carbocycles. The molecule has 0 bridgehead atoms. The van der Waals surface area contributed by atoms with Crippen LogP contribution in [0.5, 0.6) is 0 Å². The van der Waals surface area contributed by atoms with Gasteiger partial charge in [0.15, 0.2) is 6.10 Å². The Hall–Kier alpha value is -2.76.